The highest BCUT2D eigenvalue weighted by Crippen LogP contribution is 2.12. The average molecular weight is 334 g/mol. The van der Waals surface area contributed by atoms with Crippen LogP contribution in [0.25, 0.3) is 0 Å². The van der Waals surface area contributed by atoms with Gasteiger partial charge in [0.05, 0.1) is 12.3 Å². The van der Waals surface area contributed by atoms with Crippen molar-refractivity contribution in [3.05, 3.63) is 34.3 Å². The molecule has 6 heteroatoms. The van der Waals surface area contributed by atoms with E-state index in [1.165, 1.54) is 6.26 Å². The summed E-state index contributed by atoms with van der Waals surface area (Å²) in [6.45, 7) is 0.574. The van der Waals surface area contributed by atoms with E-state index in [1.54, 1.807) is 30.1 Å². The van der Waals surface area contributed by atoms with Gasteiger partial charge in [0, 0.05) is 22.8 Å². The van der Waals surface area contributed by atoms with Crippen LogP contribution in [0.15, 0.2) is 28.7 Å². The van der Waals surface area contributed by atoms with Crippen molar-refractivity contribution >= 4 is 31.6 Å². The van der Waals surface area contributed by atoms with Crippen molar-refractivity contribution in [3.8, 4) is 0 Å². The van der Waals surface area contributed by atoms with Crippen molar-refractivity contribution in [2.24, 2.45) is 0 Å². The average Bonchev–Trinajstić information content (AvgIpc) is 2.25. The minimum Gasteiger partial charge on any atom is -0.298 e. The van der Waals surface area contributed by atoms with Crippen LogP contribution in [0.2, 0.25) is 0 Å². The summed E-state index contributed by atoms with van der Waals surface area (Å²) in [7, 11) is -1.25. The summed E-state index contributed by atoms with van der Waals surface area (Å²) in [5.41, 5.74) is 0.621. The van der Waals surface area contributed by atoms with Gasteiger partial charge >= 0.3 is 0 Å². The monoisotopic (exact) mass is 333 g/mol. The second kappa shape index (κ2) is 6.45. The minimum absolute atomic E-state index is 0.0210. The Morgan fingerprint density at radius 1 is 1.39 bits per heavy atom. The third kappa shape index (κ3) is 5.75. The number of rotatable bonds is 6. The third-order valence-electron chi connectivity index (χ3n) is 2.40. The molecule has 0 aliphatic carbocycles. The van der Waals surface area contributed by atoms with Gasteiger partial charge in [0.15, 0.2) is 5.78 Å². The van der Waals surface area contributed by atoms with E-state index in [1.807, 2.05) is 6.07 Å². The van der Waals surface area contributed by atoms with Crippen LogP contribution < -0.4 is 0 Å². The van der Waals surface area contributed by atoms with E-state index < -0.39 is 9.84 Å². The summed E-state index contributed by atoms with van der Waals surface area (Å²) in [4.78, 5) is 13.6. The molecule has 0 radical (unpaired) electrons. The van der Waals surface area contributed by atoms with Crippen molar-refractivity contribution < 1.29 is 13.2 Å². The van der Waals surface area contributed by atoms with Crippen LogP contribution in [0, 0.1) is 0 Å². The maximum absolute atomic E-state index is 11.9. The van der Waals surface area contributed by atoms with E-state index in [2.05, 4.69) is 15.9 Å². The molecule has 0 aliphatic heterocycles. The second-order valence-electron chi connectivity index (χ2n) is 4.30. The molecule has 100 valence electrons. The van der Waals surface area contributed by atoms with Gasteiger partial charge in [0.1, 0.15) is 9.84 Å². The van der Waals surface area contributed by atoms with E-state index in [4.69, 9.17) is 0 Å². The largest absolute Gasteiger partial charge is 0.298 e. The number of nitrogens with zero attached hydrogens (tertiary/aromatic N) is 1. The van der Waals surface area contributed by atoms with Crippen LogP contribution in [0.4, 0.5) is 0 Å². The lowest BCUT2D eigenvalue weighted by atomic mass is 10.1. The number of carbonyl (C=O) groups excluding carboxylic acids is 1. The first-order valence-electron chi connectivity index (χ1n) is 5.43. The molecule has 0 amide bonds. The normalized spacial score (nSPS) is 11.8. The Morgan fingerprint density at radius 2 is 2.06 bits per heavy atom. The van der Waals surface area contributed by atoms with Crippen LogP contribution in [-0.2, 0) is 9.84 Å². The van der Waals surface area contributed by atoms with Crippen LogP contribution >= 0.6 is 15.9 Å². The van der Waals surface area contributed by atoms with Gasteiger partial charge in [-0.15, -0.1) is 0 Å². The van der Waals surface area contributed by atoms with Crippen LogP contribution in [-0.4, -0.2) is 51.2 Å². The Kier molecular flexibility index (Phi) is 5.49. The summed E-state index contributed by atoms with van der Waals surface area (Å²) in [5.74, 6) is 0.0437. The van der Waals surface area contributed by atoms with Crippen molar-refractivity contribution in [1.29, 1.82) is 0 Å². The van der Waals surface area contributed by atoms with Gasteiger partial charge in [-0.2, -0.15) is 0 Å². The summed E-state index contributed by atoms with van der Waals surface area (Å²) in [5, 5.41) is 0. The Bertz CT molecular complexity index is 528. The lowest BCUT2D eigenvalue weighted by Crippen LogP contribution is -2.30. The molecule has 1 aromatic rings. The molecule has 18 heavy (non-hydrogen) atoms. The molecule has 0 N–H and O–H groups in total. The van der Waals surface area contributed by atoms with Crippen molar-refractivity contribution in [2.75, 3.05) is 32.1 Å². The maximum Gasteiger partial charge on any atom is 0.176 e. The zero-order valence-corrected chi connectivity index (χ0v) is 12.8. The van der Waals surface area contributed by atoms with Crippen LogP contribution in [0.5, 0.6) is 0 Å². The molecule has 0 fully saturated rings. The molecule has 1 rings (SSSR count). The zero-order valence-electron chi connectivity index (χ0n) is 10.4. The van der Waals surface area contributed by atoms with Gasteiger partial charge in [0.2, 0.25) is 0 Å². The Morgan fingerprint density at radius 3 is 2.61 bits per heavy atom. The van der Waals surface area contributed by atoms with Crippen molar-refractivity contribution in [2.45, 2.75) is 0 Å². The van der Waals surface area contributed by atoms with Gasteiger partial charge in [0.25, 0.3) is 0 Å². The lowest BCUT2D eigenvalue weighted by molar-refractivity contribution is 0.0949. The molecule has 0 atom stereocenters. The maximum atomic E-state index is 11.9. The number of likely N-dealkylation sites (N-methyl/N-ethyl adjacent to an activating group) is 1. The molecule has 1 aromatic carbocycles. The first-order chi connectivity index (χ1) is 8.28. The van der Waals surface area contributed by atoms with E-state index in [-0.39, 0.29) is 18.1 Å². The second-order valence-corrected chi connectivity index (χ2v) is 7.48. The molecule has 0 spiro atoms. The first kappa shape index (κ1) is 15.3. The summed E-state index contributed by atoms with van der Waals surface area (Å²) in [6, 6.07) is 7.15. The van der Waals surface area contributed by atoms with Gasteiger partial charge in [-0.25, -0.2) is 8.42 Å². The molecular formula is C12H16BrNO3S. The van der Waals surface area contributed by atoms with Crippen molar-refractivity contribution in [3.63, 3.8) is 0 Å². The number of sulfone groups is 1. The van der Waals surface area contributed by atoms with Gasteiger partial charge in [-0.05, 0) is 19.2 Å². The summed E-state index contributed by atoms with van der Waals surface area (Å²) in [6.07, 6.45) is 1.19. The summed E-state index contributed by atoms with van der Waals surface area (Å²) < 4.78 is 22.9. The topological polar surface area (TPSA) is 54.5 Å². The van der Waals surface area contributed by atoms with E-state index in [9.17, 15) is 13.2 Å². The SMILES string of the molecule is CN(CCS(C)(=O)=O)CC(=O)c1cccc(Br)c1. The van der Waals surface area contributed by atoms with E-state index >= 15 is 0 Å². The number of hydrogen-bond acceptors (Lipinski definition) is 4. The smallest absolute Gasteiger partial charge is 0.176 e. The minimum atomic E-state index is -2.99. The molecule has 0 saturated heterocycles. The highest BCUT2D eigenvalue weighted by atomic mass is 79.9. The third-order valence-corrected chi connectivity index (χ3v) is 3.82. The van der Waals surface area contributed by atoms with Gasteiger partial charge < -0.3 is 0 Å². The molecule has 4 nitrogen and oxygen atoms in total. The number of ketones is 1. The van der Waals surface area contributed by atoms with Crippen LogP contribution in [0.1, 0.15) is 10.4 Å². The predicted molar refractivity (Wildman–Crippen MR) is 75.7 cm³/mol. The number of carbonyl (C=O) groups is 1. The highest BCUT2D eigenvalue weighted by Gasteiger charge is 2.11. The lowest BCUT2D eigenvalue weighted by Gasteiger charge is -2.14. The fourth-order valence-electron chi connectivity index (χ4n) is 1.40. The van der Waals surface area contributed by atoms with Crippen LogP contribution in [0.3, 0.4) is 0 Å². The fourth-order valence-corrected chi connectivity index (χ4v) is 2.44. The number of benzene rings is 1. The number of hydrogen-bond donors (Lipinski definition) is 0. The molecule has 0 aliphatic rings. The first-order valence-corrected chi connectivity index (χ1v) is 8.28. The molecular weight excluding hydrogens is 318 g/mol. The molecule has 0 heterocycles. The predicted octanol–water partition coefficient (Wildman–Crippen LogP) is 1.61. The number of Topliss-reactive ketones (excluding diaryl/α,β-unsaturated/α-hetero) is 1. The fraction of sp³-hybridized carbons (Fsp3) is 0.417. The van der Waals surface area contributed by atoms with Gasteiger partial charge in [-0.3, -0.25) is 9.69 Å². The van der Waals surface area contributed by atoms with Gasteiger partial charge in [-0.1, -0.05) is 28.1 Å². The molecule has 0 bridgehead atoms. The van der Waals surface area contributed by atoms with E-state index in [0.29, 0.717) is 12.1 Å². The molecule has 0 saturated carbocycles. The standard InChI is InChI=1S/C12H16BrNO3S/c1-14(6-7-18(2,16)17)9-12(15)10-4-3-5-11(13)8-10/h3-5,8H,6-7,9H2,1-2H3. The summed E-state index contributed by atoms with van der Waals surface area (Å²) >= 11 is 3.31. The Hall–Kier alpha value is -0.720. The Balaban J connectivity index is 2.55. The highest BCUT2D eigenvalue weighted by molar-refractivity contribution is 9.10. The molecule has 0 aromatic heterocycles. The van der Waals surface area contributed by atoms with E-state index in [0.717, 1.165) is 4.47 Å². The quantitative estimate of drug-likeness (QED) is 0.742. The zero-order chi connectivity index (χ0) is 13.8. The molecule has 0 unspecified atom stereocenters. The Labute approximate surface area is 116 Å². The number of halogens is 1. The van der Waals surface area contributed by atoms with Crippen molar-refractivity contribution in [1.82, 2.24) is 4.90 Å².